The summed E-state index contributed by atoms with van der Waals surface area (Å²) in [5.41, 5.74) is 53.8. The Morgan fingerprint density at radius 1 is 0.333 bits per heavy atom. The lowest BCUT2D eigenvalue weighted by Gasteiger charge is -2.14. The molecule has 640 valence electrons. The van der Waals surface area contributed by atoms with Gasteiger partial charge in [0.05, 0.1) is 27.4 Å². The predicted molar refractivity (Wildman–Crippen MR) is 504 cm³/mol. The average molecular weight is 1800 g/mol. The van der Waals surface area contributed by atoms with Gasteiger partial charge in [-0.2, -0.15) is 20.4 Å². The predicted octanol–water partition coefficient (Wildman–Crippen LogP) is 18.0. The molecule has 24 rings (SSSR count). The van der Waals surface area contributed by atoms with Gasteiger partial charge in [0.1, 0.15) is 108 Å². The molecule has 21 heterocycles. The summed E-state index contributed by atoms with van der Waals surface area (Å²) in [5.74, 6) is 3.16. The molecule has 132 heavy (non-hydrogen) atoms. The smallest absolute Gasteiger partial charge is 0.194 e. The maximum atomic E-state index is 13.5. The third kappa shape index (κ3) is 16.0. The first-order valence-corrected chi connectivity index (χ1v) is 41.4. The molecule has 34 nitrogen and oxygen atoms in total. The van der Waals surface area contributed by atoms with Crippen LogP contribution in [0.3, 0.4) is 0 Å². The average Bonchev–Trinajstić information content (AvgIpc) is 1.32. The van der Waals surface area contributed by atoms with Gasteiger partial charge in [-0.25, -0.2) is 82.7 Å². The van der Waals surface area contributed by atoms with Crippen molar-refractivity contribution in [2.24, 2.45) is 7.05 Å². The molecule has 0 saturated carbocycles. The second-order valence-corrected chi connectivity index (χ2v) is 30.7. The molecule has 0 unspecified atom stereocenters. The zero-order valence-electron chi connectivity index (χ0n) is 69.3. The van der Waals surface area contributed by atoms with Gasteiger partial charge in [0.15, 0.2) is 57.0 Å². The molecular weight excluding hydrogens is 1730 g/mol. The minimum Gasteiger partial charge on any atom is -0.460 e. The molecule has 0 radical (unpaired) electrons. The second-order valence-electron chi connectivity index (χ2n) is 29.6. The number of fused-ring (bicyclic) bond motifs is 9. The summed E-state index contributed by atoms with van der Waals surface area (Å²) in [6.45, 7) is 3.76. The van der Waals surface area contributed by atoms with Gasteiger partial charge >= 0.3 is 0 Å². The van der Waals surface area contributed by atoms with Crippen molar-refractivity contribution in [1.29, 1.82) is 0 Å². The van der Waals surface area contributed by atoms with Crippen molar-refractivity contribution >= 4 is 147 Å². The Hall–Kier alpha value is -17.8. The van der Waals surface area contributed by atoms with E-state index in [1.807, 2.05) is 173 Å². The van der Waals surface area contributed by atoms with Crippen LogP contribution in [0.1, 0.15) is 11.5 Å². The first kappa shape index (κ1) is 82.5. The Balaban J connectivity index is 0.000000103. The fourth-order valence-corrected chi connectivity index (χ4v) is 16.1. The summed E-state index contributed by atoms with van der Waals surface area (Å²) in [5, 5.41) is 20.0. The fraction of sp³-hybridized carbons (Fsp3) is 0.0319. The van der Waals surface area contributed by atoms with Gasteiger partial charge in [0.25, 0.3) is 0 Å². The van der Waals surface area contributed by atoms with Gasteiger partial charge in [-0.3, -0.25) is 34.6 Å². The fourth-order valence-electron chi connectivity index (χ4n) is 15.4. The summed E-state index contributed by atoms with van der Waals surface area (Å²) in [6, 6.07) is 51.8. The van der Waals surface area contributed by atoms with E-state index in [1.165, 1.54) is 31.1 Å². The van der Waals surface area contributed by atoms with Gasteiger partial charge in [0, 0.05) is 166 Å². The summed E-state index contributed by atoms with van der Waals surface area (Å²) in [7, 11) is 1.86. The number of hydrogen-bond donors (Lipinski definition) is 5. The topological polar surface area (TPSA) is 471 Å². The van der Waals surface area contributed by atoms with Crippen molar-refractivity contribution in [1.82, 2.24) is 133 Å². The molecule has 0 atom stereocenters. The molecule has 0 amide bonds. The molecule has 24 aromatic rings. The molecular formula is C94H64Cl3FN32O2. The number of nitrogen functional groups attached to an aromatic ring is 5. The number of halogens is 4. The number of hydrogen-bond acceptors (Lipinski definition) is 30. The lowest BCUT2D eigenvalue weighted by Crippen LogP contribution is -2.02. The lowest BCUT2D eigenvalue weighted by molar-refractivity contribution is 0.547. The third-order valence-electron chi connectivity index (χ3n) is 21.1. The Morgan fingerprint density at radius 3 is 1.25 bits per heavy atom. The van der Waals surface area contributed by atoms with Gasteiger partial charge in [-0.05, 0) is 170 Å². The minimum absolute atomic E-state index is 0.254. The lowest BCUT2D eigenvalue weighted by atomic mass is 9.96. The summed E-state index contributed by atoms with van der Waals surface area (Å²) < 4.78 is 31.7. The molecule has 38 heteroatoms. The summed E-state index contributed by atoms with van der Waals surface area (Å²) >= 11 is 18.6. The maximum Gasteiger partial charge on any atom is 0.194 e. The standard InChI is InChI=1S/C22H13ClFN5.C20H14N6.C18H14ClN5O.C17H10ClN7O.C17H13N9/c23-16-11-14(10-13-2-1-7-26-18(13)16)17-19(12-3-5-15(24)6-4-12)29-22(25)21-20(17)27-8-9-28-21;21-20-15-7-4-10-22-19(15)17(18(25-20)13-5-2-1-3-6-13)14-8-9-16-23-12-24-26(16)11-14;1-9-7-11(8-13(19)23-9)14-15(12-4-3-10(2)25-12)24-18(20)17-16(14)21-5-6-22-17;18-11-3-2-10(26-11)14-13(9-1-4-12-22-8-23-25(12)7-9)15-16(17(19)24-14)21-6-5-20-15;1-25-7-4-11(24-25)14-13(10-2-3-12-21-9-22-26(12)8-10)15-16(17(18)23-14)20-6-5-19-15/h1-11H,(H2,25,29);1-12H,(H2,21,25);3-8H,1-2H3,(H2,20,24);1-8H,(H2,19,24);2-9H,1H3,(H2,18,23). The molecule has 10 N–H and O–H groups in total. The molecule has 0 bridgehead atoms. The van der Waals surface area contributed by atoms with E-state index in [4.69, 9.17) is 77.3 Å². The van der Waals surface area contributed by atoms with Crippen LogP contribution in [-0.4, -0.2) is 133 Å². The number of rotatable bonds is 10. The van der Waals surface area contributed by atoms with Crippen molar-refractivity contribution < 1.29 is 13.2 Å². The zero-order chi connectivity index (χ0) is 90.4. The van der Waals surface area contributed by atoms with Gasteiger partial charge in [0.2, 0.25) is 0 Å². The number of aryl methyl sites for hydroxylation is 3. The van der Waals surface area contributed by atoms with Crippen molar-refractivity contribution in [2.75, 3.05) is 28.7 Å². The van der Waals surface area contributed by atoms with E-state index in [2.05, 4.69) is 110 Å². The van der Waals surface area contributed by atoms with Crippen LogP contribution in [0.5, 0.6) is 0 Å². The van der Waals surface area contributed by atoms with Crippen molar-refractivity contribution in [2.45, 2.75) is 13.8 Å². The summed E-state index contributed by atoms with van der Waals surface area (Å²) in [6.07, 6.45) is 28.4. The number of aromatic nitrogens is 27. The van der Waals surface area contributed by atoms with E-state index in [9.17, 15) is 4.39 Å². The van der Waals surface area contributed by atoms with E-state index in [0.717, 1.165) is 112 Å². The zero-order valence-corrected chi connectivity index (χ0v) is 71.5. The Morgan fingerprint density at radius 2 is 0.758 bits per heavy atom. The van der Waals surface area contributed by atoms with Crippen LogP contribution in [-0.2, 0) is 7.05 Å². The van der Waals surface area contributed by atoms with Crippen molar-refractivity contribution in [3.05, 3.63) is 308 Å². The van der Waals surface area contributed by atoms with Crippen LogP contribution >= 0.6 is 34.8 Å². The Labute approximate surface area is 759 Å². The monoisotopic (exact) mass is 1800 g/mol. The molecule has 0 aliphatic rings. The van der Waals surface area contributed by atoms with Gasteiger partial charge in [-0.15, -0.1) is 0 Å². The first-order chi connectivity index (χ1) is 64.4. The van der Waals surface area contributed by atoms with E-state index < -0.39 is 0 Å². The normalized spacial score (nSPS) is 11.3. The SMILES string of the molecule is Cc1cc(-c2c(-c3ccc(C)o3)nc(N)c3nccnc23)cc(Cl)n1.Cn1ccc(-c2nc(N)c3nccnc3c2-c2ccc3ncnn3c2)n1.Nc1nc(-c2ccc(Cl)o2)c(-c2ccc3ncnn3c2)c2nccnc12.Nc1nc(-c2ccc(F)cc2)c(-c2cc(Cl)c3ncccc3c2)c2nccnc12.Nc1nc(-c2ccccc2)c(-c2ccc3ncnn3c2)c2ncccc12. The Bertz CT molecular complexity index is 8370. The molecule has 21 aromatic heterocycles. The summed E-state index contributed by atoms with van der Waals surface area (Å²) in [4.78, 5) is 84.0. The Kier molecular flexibility index (Phi) is 21.8. The molecule has 0 aliphatic heterocycles. The number of furan rings is 2. The molecule has 3 aromatic carbocycles. The quantitative estimate of drug-likeness (QED) is 0.0794. The van der Waals surface area contributed by atoms with Crippen LogP contribution < -0.4 is 28.7 Å². The second kappa shape index (κ2) is 34.8. The molecule has 0 fully saturated rings. The van der Waals surface area contributed by atoms with Crippen LogP contribution in [0.4, 0.5) is 33.5 Å². The van der Waals surface area contributed by atoms with E-state index >= 15 is 0 Å². The highest BCUT2D eigenvalue weighted by molar-refractivity contribution is 6.35. The highest BCUT2D eigenvalue weighted by Crippen LogP contribution is 2.45. The van der Waals surface area contributed by atoms with Crippen molar-refractivity contribution in [3.63, 3.8) is 0 Å². The van der Waals surface area contributed by atoms with Crippen LogP contribution in [0.25, 0.3) is 195 Å². The number of anilines is 5. The van der Waals surface area contributed by atoms with Gasteiger partial charge in [-0.1, -0.05) is 59.6 Å². The number of benzene rings is 3. The number of nitrogens with zero attached hydrogens (tertiary/aromatic N) is 27. The van der Waals surface area contributed by atoms with E-state index in [1.54, 1.807) is 111 Å². The highest BCUT2D eigenvalue weighted by Gasteiger charge is 2.27. The van der Waals surface area contributed by atoms with E-state index in [-0.39, 0.29) is 22.7 Å². The van der Waals surface area contributed by atoms with Crippen LogP contribution in [0, 0.1) is 19.7 Å². The maximum absolute atomic E-state index is 13.5. The van der Waals surface area contributed by atoms with Crippen molar-refractivity contribution in [3.8, 4) is 112 Å². The minimum atomic E-state index is -0.330. The first-order valence-electron chi connectivity index (χ1n) is 40.2. The van der Waals surface area contributed by atoms with Crippen LogP contribution in [0.2, 0.25) is 15.4 Å². The highest BCUT2D eigenvalue weighted by atomic mass is 35.5. The van der Waals surface area contributed by atoms with Crippen LogP contribution in [0.15, 0.2) is 284 Å². The largest absolute Gasteiger partial charge is 0.460 e. The van der Waals surface area contributed by atoms with E-state index in [0.29, 0.717) is 123 Å². The number of pyridine rings is 11. The molecule has 0 saturated heterocycles. The number of nitrogens with two attached hydrogens (primary N) is 5. The molecule has 0 aliphatic carbocycles. The third-order valence-corrected chi connectivity index (χ3v) is 21.8. The molecule has 0 spiro atoms. The van der Waals surface area contributed by atoms with Gasteiger partial charge < -0.3 is 37.5 Å².